The van der Waals surface area contributed by atoms with Gasteiger partial charge in [-0.25, -0.2) is 0 Å². The monoisotopic (exact) mass is 371 g/mol. The number of carbonyl (C=O) groups excluding carboxylic acids is 2. The van der Waals surface area contributed by atoms with E-state index in [1.54, 1.807) is 0 Å². The summed E-state index contributed by atoms with van der Waals surface area (Å²) in [5.41, 5.74) is 5.86. The van der Waals surface area contributed by atoms with Gasteiger partial charge in [-0.05, 0) is 57.8 Å². The van der Waals surface area contributed by atoms with Crippen LogP contribution < -0.4 is 11.1 Å². The minimum atomic E-state index is 0. The van der Waals surface area contributed by atoms with Crippen molar-refractivity contribution in [2.75, 3.05) is 13.1 Å². The number of hydrogen-bond donors (Lipinski definition) is 2. The highest BCUT2D eigenvalue weighted by atomic mass is 35.5. The van der Waals surface area contributed by atoms with Crippen LogP contribution >= 0.6 is 12.4 Å². The summed E-state index contributed by atoms with van der Waals surface area (Å²) in [4.78, 5) is 27.1. The molecular formula is C19H34ClN3O2. The number of halogens is 1. The summed E-state index contributed by atoms with van der Waals surface area (Å²) >= 11 is 0. The fourth-order valence-corrected chi connectivity index (χ4v) is 4.76. The Morgan fingerprint density at radius 2 is 1.52 bits per heavy atom. The van der Waals surface area contributed by atoms with Gasteiger partial charge in [0.25, 0.3) is 0 Å². The maximum atomic E-state index is 12.8. The lowest BCUT2D eigenvalue weighted by atomic mass is 9.84. The molecule has 0 spiro atoms. The molecular weight excluding hydrogens is 338 g/mol. The lowest BCUT2D eigenvalue weighted by Gasteiger charge is -2.39. The molecule has 0 aromatic heterocycles. The Labute approximate surface area is 157 Å². The zero-order valence-corrected chi connectivity index (χ0v) is 16.1. The quantitative estimate of drug-likeness (QED) is 0.797. The number of carbonyl (C=O) groups is 2. The summed E-state index contributed by atoms with van der Waals surface area (Å²) in [6.45, 7) is 1.46. The summed E-state index contributed by atoms with van der Waals surface area (Å²) in [7, 11) is 0. The van der Waals surface area contributed by atoms with Crippen molar-refractivity contribution < 1.29 is 9.59 Å². The van der Waals surface area contributed by atoms with Crippen molar-refractivity contribution in [1.82, 2.24) is 10.2 Å². The van der Waals surface area contributed by atoms with Crippen LogP contribution in [0.25, 0.3) is 0 Å². The molecule has 3 aliphatic rings. The van der Waals surface area contributed by atoms with Crippen molar-refractivity contribution in [2.45, 2.75) is 82.7 Å². The Morgan fingerprint density at radius 1 is 0.880 bits per heavy atom. The molecule has 1 saturated heterocycles. The van der Waals surface area contributed by atoms with E-state index in [4.69, 9.17) is 5.73 Å². The fraction of sp³-hybridized carbons (Fsp3) is 0.895. The van der Waals surface area contributed by atoms with Crippen LogP contribution in [0.15, 0.2) is 0 Å². The molecule has 5 nitrogen and oxygen atoms in total. The van der Waals surface area contributed by atoms with Gasteiger partial charge >= 0.3 is 0 Å². The molecule has 3 rings (SSSR count). The standard InChI is InChI=1S/C19H33N3O2.ClH/c20-13-17-7-3-4-12-22(17)19(24)15-8-10-16(11-9-15)21-18(23)14-5-1-2-6-14;/h14-17H,1-13,20H2,(H,21,23);1H. The van der Waals surface area contributed by atoms with Crippen molar-refractivity contribution in [3.63, 3.8) is 0 Å². The second-order valence-electron chi connectivity index (χ2n) is 7.96. The van der Waals surface area contributed by atoms with Crippen LogP contribution in [-0.2, 0) is 9.59 Å². The van der Waals surface area contributed by atoms with Crippen LogP contribution in [0.4, 0.5) is 0 Å². The van der Waals surface area contributed by atoms with Gasteiger partial charge in [0.15, 0.2) is 0 Å². The molecule has 144 valence electrons. The third-order valence-corrected chi connectivity index (χ3v) is 6.33. The van der Waals surface area contributed by atoms with Crippen molar-refractivity contribution in [2.24, 2.45) is 17.6 Å². The Balaban J connectivity index is 0.00000225. The number of likely N-dealkylation sites (tertiary alicyclic amines) is 1. The number of nitrogens with two attached hydrogens (primary N) is 1. The highest BCUT2D eigenvalue weighted by molar-refractivity contribution is 5.85. The molecule has 0 radical (unpaired) electrons. The minimum absolute atomic E-state index is 0. The SMILES string of the molecule is Cl.NCC1CCCCN1C(=O)C1CCC(NC(=O)C2CCCC2)CC1. The molecule has 1 unspecified atom stereocenters. The van der Waals surface area contributed by atoms with Crippen LogP contribution in [0.2, 0.25) is 0 Å². The maximum absolute atomic E-state index is 12.8. The molecule has 1 atom stereocenters. The summed E-state index contributed by atoms with van der Waals surface area (Å²) in [5.74, 6) is 0.937. The van der Waals surface area contributed by atoms with Gasteiger partial charge in [0.1, 0.15) is 0 Å². The summed E-state index contributed by atoms with van der Waals surface area (Å²) in [6, 6.07) is 0.514. The first-order valence-electron chi connectivity index (χ1n) is 10.00. The van der Waals surface area contributed by atoms with Crippen LogP contribution in [0.1, 0.15) is 70.6 Å². The highest BCUT2D eigenvalue weighted by Gasteiger charge is 2.34. The van der Waals surface area contributed by atoms with Gasteiger partial charge in [0.05, 0.1) is 0 Å². The van der Waals surface area contributed by atoms with E-state index < -0.39 is 0 Å². The van der Waals surface area contributed by atoms with E-state index in [0.717, 1.165) is 57.9 Å². The van der Waals surface area contributed by atoms with E-state index in [0.29, 0.717) is 12.5 Å². The highest BCUT2D eigenvalue weighted by Crippen LogP contribution is 2.30. The van der Waals surface area contributed by atoms with Crippen LogP contribution in [0.5, 0.6) is 0 Å². The zero-order chi connectivity index (χ0) is 16.9. The second-order valence-corrected chi connectivity index (χ2v) is 7.96. The summed E-state index contributed by atoms with van der Waals surface area (Å²) in [5, 5.41) is 3.24. The maximum Gasteiger partial charge on any atom is 0.225 e. The molecule has 0 aromatic rings. The molecule has 2 amide bonds. The third kappa shape index (κ3) is 5.10. The Kier molecular flexibility index (Phi) is 8.01. The first-order chi connectivity index (χ1) is 11.7. The van der Waals surface area contributed by atoms with Gasteiger partial charge < -0.3 is 16.0 Å². The van der Waals surface area contributed by atoms with Gasteiger partial charge in [-0.2, -0.15) is 0 Å². The molecule has 2 saturated carbocycles. The molecule has 0 aromatic carbocycles. The van der Waals surface area contributed by atoms with E-state index >= 15 is 0 Å². The first-order valence-corrected chi connectivity index (χ1v) is 10.00. The van der Waals surface area contributed by atoms with Gasteiger partial charge in [-0.3, -0.25) is 9.59 Å². The molecule has 3 fully saturated rings. The molecule has 6 heteroatoms. The van der Waals surface area contributed by atoms with E-state index in [1.165, 1.54) is 19.3 Å². The summed E-state index contributed by atoms with van der Waals surface area (Å²) in [6.07, 6.45) is 11.5. The topological polar surface area (TPSA) is 75.4 Å². The molecule has 1 aliphatic heterocycles. The predicted molar refractivity (Wildman–Crippen MR) is 102 cm³/mol. The van der Waals surface area contributed by atoms with Gasteiger partial charge in [0, 0.05) is 37.0 Å². The van der Waals surface area contributed by atoms with Crippen LogP contribution in [0.3, 0.4) is 0 Å². The van der Waals surface area contributed by atoms with Crippen molar-refractivity contribution in [3.05, 3.63) is 0 Å². The third-order valence-electron chi connectivity index (χ3n) is 6.33. The molecule has 1 heterocycles. The number of piperidine rings is 1. The average molecular weight is 372 g/mol. The van der Waals surface area contributed by atoms with Crippen molar-refractivity contribution in [1.29, 1.82) is 0 Å². The van der Waals surface area contributed by atoms with Crippen LogP contribution in [0, 0.1) is 11.8 Å². The lowest BCUT2D eigenvalue weighted by Crippen LogP contribution is -2.50. The lowest BCUT2D eigenvalue weighted by molar-refractivity contribution is -0.140. The molecule has 0 bridgehead atoms. The second kappa shape index (κ2) is 9.77. The van der Waals surface area contributed by atoms with E-state index in [2.05, 4.69) is 5.32 Å². The number of nitrogens with zero attached hydrogens (tertiary/aromatic N) is 1. The predicted octanol–water partition coefficient (Wildman–Crippen LogP) is 2.61. The Hall–Kier alpha value is -0.810. The smallest absolute Gasteiger partial charge is 0.225 e. The van der Waals surface area contributed by atoms with Crippen molar-refractivity contribution >= 4 is 24.2 Å². The van der Waals surface area contributed by atoms with E-state index in [9.17, 15) is 9.59 Å². The number of hydrogen-bond acceptors (Lipinski definition) is 3. The van der Waals surface area contributed by atoms with Crippen molar-refractivity contribution in [3.8, 4) is 0 Å². The molecule has 2 aliphatic carbocycles. The first kappa shape index (κ1) is 20.5. The molecule has 25 heavy (non-hydrogen) atoms. The van der Waals surface area contributed by atoms with Gasteiger partial charge in [-0.15, -0.1) is 12.4 Å². The van der Waals surface area contributed by atoms with E-state index in [-0.39, 0.29) is 42.2 Å². The summed E-state index contributed by atoms with van der Waals surface area (Å²) < 4.78 is 0. The number of rotatable bonds is 4. The van der Waals surface area contributed by atoms with E-state index in [1.807, 2.05) is 4.90 Å². The van der Waals surface area contributed by atoms with Gasteiger partial charge in [0.2, 0.25) is 11.8 Å². The largest absolute Gasteiger partial charge is 0.353 e. The average Bonchev–Trinajstić information content (AvgIpc) is 3.16. The number of nitrogens with one attached hydrogen (secondary N) is 1. The minimum Gasteiger partial charge on any atom is -0.353 e. The Bertz CT molecular complexity index is 446. The fourth-order valence-electron chi connectivity index (χ4n) is 4.76. The Morgan fingerprint density at radius 3 is 2.16 bits per heavy atom. The number of amides is 2. The molecule has 3 N–H and O–H groups in total. The normalized spacial score (nSPS) is 30.6. The van der Waals surface area contributed by atoms with Gasteiger partial charge in [-0.1, -0.05) is 12.8 Å². The van der Waals surface area contributed by atoms with Crippen LogP contribution in [-0.4, -0.2) is 41.9 Å². The zero-order valence-electron chi connectivity index (χ0n) is 15.3.